The smallest absolute Gasteiger partial charge is 0.255 e. The maximum absolute atomic E-state index is 11.7. The number of carbonyl (C=O) groups excluding carboxylic acids is 1. The van der Waals surface area contributed by atoms with E-state index < -0.39 is 0 Å². The molecule has 0 heterocycles. The van der Waals surface area contributed by atoms with Crippen LogP contribution < -0.4 is 5.32 Å². The molecule has 0 bridgehead atoms. The van der Waals surface area contributed by atoms with Gasteiger partial charge in [-0.25, -0.2) is 0 Å². The number of alkyl halides is 1. The summed E-state index contributed by atoms with van der Waals surface area (Å²) in [7, 11) is 0. The molecule has 1 aromatic carbocycles. The number of phenolic OH excluding ortho intramolecular Hbond substituents is 1. The molecule has 0 saturated carbocycles. The predicted octanol–water partition coefficient (Wildman–Crippen LogP) is 2.90. The Hall–Kier alpha value is -0.740. The van der Waals surface area contributed by atoms with E-state index in [-0.39, 0.29) is 23.3 Å². The first-order valence-corrected chi connectivity index (χ1v) is 6.22. The molecule has 0 fully saturated rings. The van der Waals surface area contributed by atoms with Gasteiger partial charge in [-0.1, -0.05) is 15.9 Å². The fourth-order valence-electron chi connectivity index (χ4n) is 1.23. The summed E-state index contributed by atoms with van der Waals surface area (Å²) < 4.78 is 0.732. The Kier molecular flexibility index (Phi) is 5.09. The summed E-state index contributed by atoms with van der Waals surface area (Å²) in [5, 5.41) is 12.3. The highest BCUT2D eigenvalue weighted by Crippen LogP contribution is 2.22. The minimum Gasteiger partial charge on any atom is -0.507 e. The number of hydrogen-bond acceptors (Lipinski definition) is 2. The van der Waals surface area contributed by atoms with E-state index in [2.05, 4.69) is 21.2 Å². The number of halogens is 2. The third-order valence-electron chi connectivity index (χ3n) is 2.12. The molecule has 16 heavy (non-hydrogen) atoms. The van der Waals surface area contributed by atoms with Crippen LogP contribution >= 0.6 is 27.5 Å². The first-order valence-electron chi connectivity index (χ1n) is 4.90. The summed E-state index contributed by atoms with van der Waals surface area (Å²) in [5.41, 5.74) is 0.268. The van der Waals surface area contributed by atoms with Crippen molar-refractivity contribution in [2.45, 2.75) is 19.4 Å². The zero-order chi connectivity index (χ0) is 12.1. The topological polar surface area (TPSA) is 49.3 Å². The average molecular weight is 307 g/mol. The van der Waals surface area contributed by atoms with Gasteiger partial charge in [-0.3, -0.25) is 4.79 Å². The number of nitrogens with one attached hydrogen (secondary N) is 1. The van der Waals surface area contributed by atoms with E-state index in [1.165, 1.54) is 6.07 Å². The number of benzene rings is 1. The standard InChI is InChI=1S/C11H13BrClNO2/c1-7(4-5-13)14-11(16)9-3-2-8(12)6-10(9)15/h2-3,6-7,15H,4-5H2,1H3,(H,14,16). The van der Waals surface area contributed by atoms with Gasteiger partial charge in [0.2, 0.25) is 0 Å². The van der Waals surface area contributed by atoms with Crippen molar-refractivity contribution < 1.29 is 9.90 Å². The third-order valence-corrected chi connectivity index (χ3v) is 2.84. The van der Waals surface area contributed by atoms with Crippen LogP contribution in [-0.2, 0) is 0 Å². The predicted molar refractivity (Wildman–Crippen MR) is 68.1 cm³/mol. The number of rotatable bonds is 4. The highest BCUT2D eigenvalue weighted by Gasteiger charge is 2.13. The summed E-state index contributed by atoms with van der Waals surface area (Å²) in [5.74, 6) is 0.167. The Balaban J connectivity index is 2.73. The zero-order valence-corrected chi connectivity index (χ0v) is 11.2. The van der Waals surface area contributed by atoms with Crippen LogP contribution in [0.2, 0.25) is 0 Å². The molecule has 88 valence electrons. The van der Waals surface area contributed by atoms with Gasteiger partial charge in [0, 0.05) is 16.4 Å². The van der Waals surface area contributed by atoms with Gasteiger partial charge >= 0.3 is 0 Å². The van der Waals surface area contributed by atoms with Crippen LogP contribution in [0.3, 0.4) is 0 Å². The first kappa shape index (κ1) is 13.3. The molecule has 0 aromatic heterocycles. The van der Waals surface area contributed by atoms with Crippen LogP contribution in [0.5, 0.6) is 5.75 Å². The number of phenols is 1. The molecule has 0 spiro atoms. The molecule has 3 nitrogen and oxygen atoms in total. The summed E-state index contributed by atoms with van der Waals surface area (Å²) in [4.78, 5) is 11.7. The summed E-state index contributed by atoms with van der Waals surface area (Å²) in [6, 6.07) is 4.76. The van der Waals surface area contributed by atoms with Crippen molar-refractivity contribution >= 4 is 33.4 Å². The Morgan fingerprint density at radius 1 is 1.62 bits per heavy atom. The van der Waals surface area contributed by atoms with E-state index in [1.54, 1.807) is 12.1 Å². The lowest BCUT2D eigenvalue weighted by molar-refractivity contribution is 0.0937. The summed E-state index contributed by atoms with van der Waals surface area (Å²) in [6.45, 7) is 1.87. The molecule has 1 amide bonds. The Labute approximate surface area is 108 Å². The van der Waals surface area contributed by atoms with Gasteiger partial charge < -0.3 is 10.4 Å². The van der Waals surface area contributed by atoms with E-state index in [0.29, 0.717) is 12.3 Å². The maximum Gasteiger partial charge on any atom is 0.255 e. The molecule has 0 aliphatic carbocycles. The van der Waals surface area contributed by atoms with Crippen molar-refractivity contribution in [2.24, 2.45) is 0 Å². The third kappa shape index (κ3) is 3.68. The van der Waals surface area contributed by atoms with E-state index in [4.69, 9.17) is 11.6 Å². The normalized spacial score (nSPS) is 12.2. The average Bonchev–Trinajstić information content (AvgIpc) is 2.17. The second-order valence-electron chi connectivity index (χ2n) is 3.51. The van der Waals surface area contributed by atoms with Crippen LogP contribution in [0.15, 0.2) is 22.7 Å². The van der Waals surface area contributed by atoms with Crippen LogP contribution in [0.4, 0.5) is 0 Å². The lowest BCUT2D eigenvalue weighted by Gasteiger charge is -2.13. The Bertz CT molecular complexity index is 384. The van der Waals surface area contributed by atoms with Gasteiger partial charge in [0.15, 0.2) is 0 Å². The van der Waals surface area contributed by atoms with Gasteiger partial charge in [-0.05, 0) is 31.5 Å². The first-order chi connectivity index (χ1) is 7.54. The van der Waals surface area contributed by atoms with Crippen molar-refractivity contribution in [1.29, 1.82) is 0 Å². The van der Waals surface area contributed by atoms with Gasteiger partial charge in [0.25, 0.3) is 5.91 Å². The van der Waals surface area contributed by atoms with Crippen LogP contribution in [0.25, 0.3) is 0 Å². The highest BCUT2D eigenvalue weighted by molar-refractivity contribution is 9.10. The van der Waals surface area contributed by atoms with Crippen LogP contribution in [0.1, 0.15) is 23.7 Å². The second kappa shape index (κ2) is 6.11. The van der Waals surface area contributed by atoms with Crippen molar-refractivity contribution in [3.63, 3.8) is 0 Å². The SMILES string of the molecule is CC(CCCl)NC(=O)c1ccc(Br)cc1O. The highest BCUT2D eigenvalue weighted by atomic mass is 79.9. The lowest BCUT2D eigenvalue weighted by atomic mass is 10.1. The number of aromatic hydroxyl groups is 1. The lowest BCUT2D eigenvalue weighted by Crippen LogP contribution is -2.32. The van der Waals surface area contributed by atoms with Gasteiger partial charge in [0.1, 0.15) is 5.75 Å². The van der Waals surface area contributed by atoms with Crippen molar-refractivity contribution in [3.05, 3.63) is 28.2 Å². The molecular weight excluding hydrogens is 293 g/mol. The monoisotopic (exact) mass is 305 g/mol. The molecule has 2 N–H and O–H groups in total. The molecule has 1 atom stereocenters. The second-order valence-corrected chi connectivity index (χ2v) is 4.81. The number of hydrogen-bond donors (Lipinski definition) is 2. The van der Waals surface area contributed by atoms with Crippen LogP contribution in [0, 0.1) is 0 Å². The van der Waals surface area contributed by atoms with Crippen molar-refractivity contribution in [3.8, 4) is 5.75 Å². The van der Waals surface area contributed by atoms with Gasteiger partial charge in [-0.15, -0.1) is 11.6 Å². The molecule has 5 heteroatoms. The molecule has 1 unspecified atom stereocenters. The quantitative estimate of drug-likeness (QED) is 0.840. The molecule has 0 aliphatic rings. The van der Waals surface area contributed by atoms with E-state index in [9.17, 15) is 9.90 Å². The summed E-state index contributed by atoms with van der Waals surface area (Å²) >= 11 is 8.78. The molecule has 0 aliphatic heterocycles. The molecular formula is C11H13BrClNO2. The summed E-state index contributed by atoms with van der Waals surface area (Å²) in [6.07, 6.45) is 0.699. The molecule has 0 saturated heterocycles. The van der Waals surface area contributed by atoms with E-state index >= 15 is 0 Å². The van der Waals surface area contributed by atoms with Crippen molar-refractivity contribution in [2.75, 3.05) is 5.88 Å². The molecule has 0 radical (unpaired) electrons. The van der Waals surface area contributed by atoms with E-state index in [0.717, 1.165) is 4.47 Å². The van der Waals surface area contributed by atoms with Crippen molar-refractivity contribution in [1.82, 2.24) is 5.32 Å². The fourth-order valence-corrected chi connectivity index (χ4v) is 1.91. The maximum atomic E-state index is 11.7. The number of carbonyl (C=O) groups is 1. The Morgan fingerprint density at radius 2 is 2.31 bits per heavy atom. The molecule has 1 aromatic rings. The minimum absolute atomic E-state index is 0.00644. The molecule has 1 rings (SSSR count). The largest absolute Gasteiger partial charge is 0.507 e. The minimum atomic E-state index is -0.289. The Morgan fingerprint density at radius 3 is 2.88 bits per heavy atom. The number of amides is 1. The van der Waals surface area contributed by atoms with Gasteiger partial charge in [-0.2, -0.15) is 0 Å². The fraction of sp³-hybridized carbons (Fsp3) is 0.364. The van der Waals surface area contributed by atoms with Gasteiger partial charge in [0.05, 0.1) is 5.56 Å². The van der Waals surface area contributed by atoms with E-state index in [1.807, 2.05) is 6.92 Å². The van der Waals surface area contributed by atoms with Crippen LogP contribution in [-0.4, -0.2) is 22.9 Å². The zero-order valence-electron chi connectivity index (χ0n) is 8.84.